The number of carbonyl (C=O) groups excluding carboxylic acids is 1. The van der Waals surface area contributed by atoms with Crippen molar-refractivity contribution in [1.29, 1.82) is 0 Å². The molecule has 4 aliphatic carbocycles. The van der Waals surface area contributed by atoms with Crippen LogP contribution in [0.25, 0.3) is 0 Å². The molecule has 0 radical (unpaired) electrons. The molecular formula is C56H60O3Si2. The van der Waals surface area contributed by atoms with E-state index in [2.05, 4.69) is 196 Å². The van der Waals surface area contributed by atoms with E-state index >= 15 is 0 Å². The lowest BCUT2D eigenvalue weighted by Crippen LogP contribution is -2.71. The molecule has 4 fully saturated rings. The minimum Gasteiger partial charge on any atom is -0.404 e. The van der Waals surface area contributed by atoms with Crippen molar-refractivity contribution < 1.29 is 13.6 Å². The van der Waals surface area contributed by atoms with Crippen molar-refractivity contribution in [3.8, 4) is 0 Å². The first-order valence-corrected chi connectivity index (χ1v) is 26.9. The molecule has 8 atom stereocenters. The molecule has 3 unspecified atom stereocenters. The summed E-state index contributed by atoms with van der Waals surface area (Å²) in [6, 6.07) is 66.7. The summed E-state index contributed by atoms with van der Waals surface area (Å²) >= 11 is 0. The summed E-state index contributed by atoms with van der Waals surface area (Å²) in [5.41, 5.74) is -0.0133. The van der Waals surface area contributed by atoms with Gasteiger partial charge in [0.15, 0.2) is 0 Å². The smallest absolute Gasteiger partial charge is 0.288 e. The Morgan fingerprint density at radius 2 is 0.967 bits per heavy atom. The second-order valence-electron chi connectivity index (χ2n) is 19.3. The third-order valence-electron chi connectivity index (χ3n) is 16.4. The lowest BCUT2D eigenvalue weighted by molar-refractivity contribution is -0.166. The lowest BCUT2D eigenvalue weighted by Gasteiger charge is -2.63. The maximum Gasteiger partial charge on any atom is 0.288 e. The minimum absolute atomic E-state index is 0.0437. The van der Waals surface area contributed by atoms with Gasteiger partial charge >= 0.3 is 0 Å². The molecular weight excluding hydrogens is 777 g/mol. The third kappa shape index (κ3) is 6.79. The Morgan fingerprint density at radius 3 is 1.41 bits per heavy atom. The van der Waals surface area contributed by atoms with Gasteiger partial charge in [-0.15, -0.1) is 0 Å². The SMILES string of the molecule is CC1CC2CC(=O)CC[C@]2(CO[Si](c2ccccc2)(c2ccccc2)c2ccccc2)[C@@H]2CC[C@]3(C)C(O[Si](c4ccccc4)(c4ccccc4)c4ccccc4)CC[C@H]3[C@H]12. The number of fused-ring (bicyclic) bond motifs is 5. The Hall–Kier alpha value is -4.66. The van der Waals surface area contributed by atoms with E-state index in [4.69, 9.17) is 8.85 Å². The first-order valence-electron chi connectivity index (χ1n) is 23.1. The van der Waals surface area contributed by atoms with Crippen LogP contribution in [0.15, 0.2) is 182 Å². The molecule has 0 saturated heterocycles. The molecule has 0 amide bonds. The van der Waals surface area contributed by atoms with Gasteiger partial charge in [-0.25, -0.2) is 0 Å². The molecule has 0 spiro atoms. The summed E-state index contributed by atoms with van der Waals surface area (Å²) in [7, 11) is -5.86. The topological polar surface area (TPSA) is 35.5 Å². The van der Waals surface area contributed by atoms with Gasteiger partial charge in [-0.2, -0.15) is 0 Å². The molecule has 4 aliphatic rings. The number of ketones is 1. The zero-order chi connectivity index (χ0) is 41.5. The molecule has 3 nitrogen and oxygen atoms in total. The number of hydrogen-bond acceptors (Lipinski definition) is 3. The number of carbonyl (C=O) groups is 1. The summed E-state index contributed by atoms with van der Waals surface area (Å²) in [4.78, 5) is 13.5. The van der Waals surface area contributed by atoms with E-state index in [0.717, 1.165) is 32.1 Å². The van der Waals surface area contributed by atoms with Crippen LogP contribution < -0.4 is 31.1 Å². The molecule has 6 aromatic rings. The highest BCUT2D eigenvalue weighted by atomic mass is 28.4. The van der Waals surface area contributed by atoms with Gasteiger partial charge < -0.3 is 8.85 Å². The Labute approximate surface area is 365 Å². The molecule has 61 heavy (non-hydrogen) atoms. The highest BCUT2D eigenvalue weighted by Gasteiger charge is 2.65. The molecule has 0 aliphatic heterocycles. The van der Waals surface area contributed by atoms with Gasteiger partial charge in [0, 0.05) is 19.4 Å². The number of hydrogen-bond donors (Lipinski definition) is 0. The fourth-order valence-corrected chi connectivity index (χ4v) is 21.8. The number of rotatable bonds is 11. The van der Waals surface area contributed by atoms with Crippen LogP contribution in [0.3, 0.4) is 0 Å². The van der Waals surface area contributed by atoms with Crippen LogP contribution in [0.1, 0.15) is 65.2 Å². The second kappa shape index (κ2) is 16.6. The number of benzene rings is 6. The summed E-state index contributed by atoms with van der Waals surface area (Å²) in [5.74, 6) is 2.93. The van der Waals surface area contributed by atoms with Crippen LogP contribution in [0, 0.1) is 40.4 Å². The van der Waals surface area contributed by atoms with Crippen LogP contribution in [-0.4, -0.2) is 35.1 Å². The molecule has 0 N–H and O–H groups in total. The Balaban J connectivity index is 1.04. The molecule has 6 aromatic carbocycles. The van der Waals surface area contributed by atoms with Gasteiger partial charge in [0.05, 0.1) is 6.10 Å². The summed E-state index contributed by atoms with van der Waals surface area (Å²) in [6.45, 7) is 5.84. The van der Waals surface area contributed by atoms with Crippen LogP contribution in [0.2, 0.25) is 0 Å². The van der Waals surface area contributed by atoms with Crippen molar-refractivity contribution in [2.24, 2.45) is 40.4 Å². The van der Waals surface area contributed by atoms with E-state index in [9.17, 15) is 4.79 Å². The lowest BCUT2D eigenvalue weighted by atomic mass is 9.43. The Kier molecular flexibility index (Phi) is 11.0. The molecule has 5 heteroatoms. The molecule has 4 saturated carbocycles. The predicted molar refractivity (Wildman–Crippen MR) is 254 cm³/mol. The van der Waals surface area contributed by atoms with E-state index in [1.165, 1.54) is 37.5 Å². The molecule has 0 bridgehead atoms. The van der Waals surface area contributed by atoms with Crippen molar-refractivity contribution in [3.05, 3.63) is 182 Å². The van der Waals surface area contributed by atoms with E-state index in [0.29, 0.717) is 54.8 Å². The van der Waals surface area contributed by atoms with Crippen LogP contribution in [-0.2, 0) is 13.6 Å². The average Bonchev–Trinajstić information content (AvgIpc) is 3.65. The van der Waals surface area contributed by atoms with Crippen molar-refractivity contribution >= 4 is 53.5 Å². The van der Waals surface area contributed by atoms with Crippen LogP contribution in [0.4, 0.5) is 0 Å². The van der Waals surface area contributed by atoms with E-state index in [1.54, 1.807) is 0 Å². The normalized spacial score (nSPS) is 28.7. The maximum atomic E-state index is 13.5. The molecule has 0 aromatic heterocycles. The third-order valence-corrected chi connectivity index (χ3v) is 24.5. The van der Waals surface area contributed by atoms with Crippen molar-refractivity contribution in [2.45, 2.75) is 71.3 Å². The van der Waals surface area contributed by atoms with Crippen LogP contribution >= 0.6 is 0 Å². The van der Waals surface area contributed by atoms with Gasteiger partial charge in [-0.05, 0) is 110 Å². The average molecular weight is 837 g/mol. The van der Waals surface area contributed by atoms with E-state index < -0.39 is 16.6 Å². The fraction of sp³-hybridized carbons (Fsp3) is 0.339. The predicted octanol–water partition coefficient (Wildman–Crippen LogP) is 8.56. The summed E-state index contributed by atoms with van der Waals surface area (Å²) < 4.78 is 16.1. The van der Waals surface area contributed by atoms with Gasteiger partial charge in [0.1, 0.15) is 5.78 Å². The van der Waals surface area contributed by atoms with E-state index in [-0.39, 0.29) is 16.9 Å². The zero-order valence-corrected chi connectivity index (χ0v) is 37.9. The van der Waals surface area contributed by atoms with Crippen molar-refractivity contribution in [1.82, 2.24) is 0 Å². The first kappa shape index (κ1) is 40.4. The standard InChI is InChI=1S/C56H60O3Si2/c1-42-39-43-40-44(57)35-38-56(43,41-58-60(45-21-9-3-10-22-45,46-23-11-4-12-24-46)47-25-13-5-14-26-47)52-36-37-55(2)51(54(42)52)33-34-53(55)59-61(48-27-15-6-16-28-48,49-29-17-7-18-30-49)50-31-19-8-20-32-50/h3-32,42-43,51-54H,33-41H2,1-2H3/t42?,43?,51-,52+,53?,54-,55-,56+/m0/s1. The fourth-order valence-electron chi connectivity index (χ4n) is 13.6. The largest absolute Gasteiger partial charge is 0.404 e. The summed E-state index contributed by atoms with van der Waals surface area (Å²) in [6.07, 6.45) is 8.10. The summed E-state index contributed by atoms with van der Waals surface area (Å²) in [5, 5.41) is 7.78. The first-order chi connectivity index (χ1) is 29.9. The van der Waals surface area contributed by atoms with E-state index in [1.807, 2.05) is 0 Å². The van der Waals surface area contributed by atoms with Gasteiger partial charge in [-0.3, -0.25) is 4.79 Å². The minimum atomic E-state index is -2.96. The second-order valence-corrected chi connectivity index (χ2v) is 26.0. The Bertz CT molecular complexity index is 2200. The highest BCUT2D eigenvalue weighted by Crippen LogP contribution is 2.68. The zero-order valence-electron chi connectivity index (χ0n) is 35.9. The quantitative estimate of drug-likeness (QED) is 0.0971. The monoisotopic (exact) mass is 836 g/mol. The number of Topliss-reactive ketones (excluding diaryl/α,β-unsaturated/α-hetero) is 1. The maximum absolute atomic E-state index is 13.5. The van der Waals surface area contributed by atoms with Gasteiger partial charge in [-0.1, -0.05) is 196 Å². The van der Waals surface area contributed by atoms with Gasteiger partial charge in [0.2, 0.25) is 0 Å². The van der Waals surface area contributed by atoms with Gasteiger partial charge in [0.25, 0.3) is 16.6 Å². The molecule has 10 rings (SSSR count). The molecule has 310 valence electrons. The van der Waals surface area contributed by atoms with Crippen LogP contribution in [0.5, 0.6) is 0 Å². The highest BCUT2D eigenvalue weighted by molar-refractivity contribution is 7.07. The molecule has 0 heterocycles. The van der Waals surface area contributed by atoms with Crippen molar-refractivity contribution in [3.63, 3.8) is 0 Å². The Morgan fingerprint density at radius 1 is 0.541 bits per heavy atom. The van der Waals surface area contributed by atoms with Crippen molar-refractivity contribution in [2.75, 3.05) is 6.61 Å².